The van der Waals surface area contributed by atoms with E-state index in [9.17, 15) is 8.42 Å². The van der Waals surface area contributed by atoms with Gasteiger partial charge in [0.1, 0.15) is 0 Å². The molecule has 0 spiro atoms. The van der Waals surface area contributed by atoms with Gasteiger partial charge in [0.25, 0.3) is 10.1 Å². The Hall–Kier alpha value is -0.950. The van der Waals surface area contributed by atoms with Crippen LogP contribution in [0.25, 0.3) is 0 Å². The van der Waals surface area contributed by atoms with Crippen LogP contribution in [0.15, 0.2) is 29.2 Å². The van der Waals surface area contributed by atoms with Crippen LogP contribution in [-0.2, 0) is 23.8 Å². The first-order valence-electron chi connectivity index (χ1n) is 8.22. The Balaban J connectivity index is 1.42. The van der Waals surface area contributed by atoms with Crippen LogP contribution in [0, 0.1) is 12.8 Å². The number of ether oxygens (including phenoxy) is 2. The van der Waals surface area contributed by atoms with E-state index in [4.69, 9.17) is 13.7 Å². The molecule has 1 aromatic carbocycles. The number of rotatable bonds is 10. The summed E-state index contributed by atoms with van der Waals surface area (Å²) >= 11 is 0. The van der Waals surface area contributed by atoms with Crippen LogP contribution in [-0.4, -0.2) is 40.4 Å². The summed E-state index contributed by atoms with van der Waals surface area (Å²) in [6.07, 6.45) is 4.57. The Morgan fingerprint density at radius 3 is 2.22 bits per heavy atom. The molecule has 0 amide bonds. The van der Waals surface area contributed by atoms with E-state index in [2.05, 4.69) is 0 Å². The quantitative estimate of drug-likeness (QED) is 0.372. The van der Waals surface area contributed by atoms with Gasteiger partial charge in [-0.1, -0.05) is 17.7 Å². The summed E-state index contributed by atoms with van der Waals surface area (Å²) in [6, 6.07) is 6.72. The highest BCUT2D eigenvalue weighted by Gasteiger charge is 2.31. The lowest BCUT2D eigenvalue weighted by atomic mass is 9.93. The van der Waals surface area contributed by atoms with Crippen molar-refractivity contribution in [3.63, 3.8) is 0 Å². The Bertz CT molecular complexity index is 588. The molecule has 128 valence electrons. The predicted octanol–water partition coefficient (Wildman–Crippen LogP) is 2.67. The summed E-state index contributed by atoms with van der Waals surface area (Å²) < 4.78 is 40.0. The molecule has 0 radical (unpaired) electrons. The molecule has 23 heavy (non-hydrogen) atoms. The van der Waals surface area contributed by atoms with Crippen molar-refractivity contribution in [2.45, 2.75) is 49.7 Å². The van der Waals surface area contributed by atoms with Crippen molar-refractivity contribution in [2.24, 2.45) is 5.92 Å². The number of benzene rings is 1. The Labute approximate surface area is 138 Å². The van der Waals surface area contributed by atoms with Gasteiger partial charge in [0.15, 0.2) is 0 Å². The first-order valence-corrected chi connectivity index (χ1v) is 9.63. The van der Waals surface area contributed by atoms with E-state index in [1.165, 1.54) is 0 Å². The molecular weight excluding hydrogens is 316 g/mol. The Kier molecular flexibility index (Phi) is 5.36. The van der Waals surface area contributed by atoms with E-state index in [1.807, 2.05) is 6.92 Å². The second kappa shape index (κ2) is 7.30. The van der Waals surface area contributed by atoms with E-state index in [1.54, 1.807) is 24.3 Å². The summed E-state index contributed by atoms with van der Waals surface area (Å²) in [5, 5.41) is 0. The zero-order chi connectivity index (χ0) is 16.3. The number of hydrogen-bond acceptors (Lipinski definition) is 5. The molecule has 2 saturated heterocycles. The highest BCUT2D eigenvalue weighted by Crippen LogP contribution is 2.30. The van der Waals surface area contributed by atoms with Gasteiger partial charge in [-0.3, -0.25) is 4.18 Å². The van der Waals surface area contributed by atoms with Crippen LogP contribution in [0.4, 0.5) is 0 Å². The van der Waals surface area contributed by atoms with E-state index in [0.29, 0.717) is 18.1 Å². The van der Waals surface area contributed by atoms with Gasteiger partial charge in [0.05, 0.1) is 36.9 Å². The maximum Gasteiger partial charge on any atom is 0.296 e. The molecule has 0 aromatic heterocycles. The minimum absolute atomic E-state index is 0.220. The van der Waals surface area contributed by atoms with Crippen molar-refractivity contribution in [3.8, 4) is 0 Å². The van der Waals surface area contributed by atoms with Gasteiger partial charge in [-0.15, -0.1) is 0 Å². The third-order valence-corrected chi connectivity index (χ3v) is 5.63. The normalized spacial score (nSPS) is 24.4. The number of aryl methyl sites for hydroxylation is 1. The van der Waals surface area contributed by atoms with Crippen LogP contribution in [0.2, 0.25) is 0 Å². The van der Waals surface area contributed by atoms with Gasteiger partial charge in [-0.2, -0.15) is 8.42 Å². The lowest BCUT2D eigenvalue weighted by Crippen LogP contribution is -2.11. The topological polar surface area (TPSA) is 68.4 Å². The molecule has 2 atom stereocenters. The zero-order valence-corrected chi connectivity index (χ0v) is 14.3. The van der Waals surface area contributed by atoms with Gasteiger partial charge in [-0.25, -0.2) is 0 Å². The van der Waals surface area contributed by atoms with E-state index < -0.39 is 10.1 Å². The fourth-order valence-corrected chi connectivity index (χ4v) is 3.74. The van der Waals surface area contributed by atoms with Crippen molar-refractivity contribution in [1.29, 1.82) is 0 Å². The standard InChI is InChI=1S/C17H24O5S/c1-13-4-6-17(7-5-13)23(18,19)22-8-2-3-14(9-15-11-20-15)10-16-12-21-16/h4-7,14-16H,2-3,8-12H2,1H3. The molecule has 2 aliphatic rings. The van der Waals surface area contributed by atoms with E-state index >= 15 is 0 Å². The summed E-state index contributed by atoms with van der Waals surface area (Å²) in [6.45, 7) is 3.87. The molecule has 6 heteroatoms. The van der Waals surface area contributed by atoms with Crippen LogP contribution in [0.1, 0.15) is 31.2 Å². The van der Waals surface area contributed by atoms with Crippen molar-refractivity contribution >= 4 is 10.1 Å². The van der Waals surface area contributed by atoms with Gasteiger partial charge in [-0.05, 0) is 50.7 Å². The Morgan fingerprint density at radius 1 is 1.13 bits per heavy atom. The van der Waals surface area contributed by atoms with Crippen molar-refractivity contribution in [1.82, 2.24) is 0 Å². The molecule has 0 N–H and O–H groups in total. The molecule has 2 fully saturated rings. The molecule has 0 saturated carbocycles. The average molecular weight is 340 g/mol. The summed E-state index contributed by atoms with van der Waals surface area (Å²) in [4.78, 5) is 0.220. The second-order valence-corrected chi connectivity index (χ2v) is 8.09. The van der Waals surface area contributed by atoms with Gasteiger partial charge >= 0.3 is 0 Å². The van der Waals surface area contributed by atoms with E-state index in [-0.39, 0.29) is 11.5 Å². The molecule has 5 nitrogen and oxygen atoms in total. The smallest absolute Gasteiger partial charge is 0.296 e. The first-order chi connectivity index (χ1) is 11.0. The van der Waals surface area contributed by atoms with Crippen LogP contribution in [0.5, 0.6) is 0 Å². The van der Waals surface area contributed by atoms with Gasteiger partial charge < -0.3 is 9.47 Å². The number of hydrogen-bond donors (Lipinski definition) is 0. The predicted molar refractivity (Wildman–Crippen MR) is 85.8 cm³/mol. The molecule has 2 unspecified atom stereocenters. The van der Waals surface area contributed by atoms with Crippen molar-refractivity contribution in [2.75, 3.05) is 19.8 Å². The molecular formula is C17H24O5S. The van der Waals surface area contributed by atoms with Crippen molar-refractivity contribution in [3.05, 3.63) is 29.8 Å². The van der Waals surface area contributed by atoms with Crippen LogP contribution >= 0.6 is 0 Å². The summed E-state index contributed by atoms with van der Waals surface area (Å²) in [7, 11) is -3.65. The average Bonchev–Trinajstić information content (AvgIpc) is 3.40. The highest BCUT2D eigenvalue weighted by atomic mass is 32.2. The fraction of sp³-hybridized carbons (Fsp3) is 0.647. The minimum atomic E-state index is -3.65. The minimum Gasteiger partial charge on any atom is -0.373 e. The lowest BCUT2D eigenvalue weighted by Gasteiger charge is -2.14. The maximum atomic E-state index is 12.1. The zero-order valence-electron chi connectivity index (χ0n) is 13.4. The molecule has 2 heterocycles. The van der Waals surface area contributed by atoms with Gasteiger partial charge in [0.2, 0.25) is 0 Å². The van der Waals surface area contributed by atoms with Crippen LogP contribution < -0.4 is 0 Å². The molecule has 0 bridgehead atoms. The van der Waals surface area contributed by atoms with Gasteiger partial charge in [0, 0.05) is 0 Å². The largest absolute Gasteiger partial charge is 0.373 e. The van der Waals surface area contributed by atoms with E-state index in [0.717, 1.165) is 44.5 Å². The SMILES string of the molecule is Cc1ccc(S(=O)(=O)OCCCC(CC2CO2)CC2CO2)cc1. The summed E-state index contributed by atoms with van der Waals surface area (Å²) in [5.41, 5.74) is 1.02. The highest BCUT2D eigenvalue weighted by molar-refractivity contribution is 7.86. The number of epoxide rings is 2. The van der Waals surface area contributed by atoms with Crippen LogP contribution in [0.3, 0.4) is 0 Å². The molecule has 1 aromatic rings. The molecule has 3 rings (SSSR count). The lowest BCUT2D eigenvalue weighted by molar-refractivity contribution is 0.262. The monoisotopic (exact) mass is 340 g/mol. The van der Waals surface area contributed by atoms with Crippen molar-refractivity contribution < 1.29 is 22.1 Å². The third kappa shape index (κ3) is 5.57. The second-order valence-electron chi connectivity index (χ2n) is 6.48. The first kappa shape index (κ1) is 16.9. The molecule has 2 aliphatic heterocycles. The summed E-state index contributed by atoms with van der Waals surface area (Å²) in [5.74, 6) is 0.528. The molecule has 0 aliphatic carbocycles. The third-order valence-electron chi connectivity index (χ3n) is 4.30. The maximum absolute atomic E-state index is 12.1. The Morgan fingerprint density at radius 2 is 1.70 bits per heavy atom. The fourth-order valence-electron chi connectivity index (χ4n) is 2.80.